The molecule has 5 heteroatoms. The Kier molecular flexibility index (Phi) is 5.68. The van der Waals surface area contributed by atoms with Crippen LogP contribution in [0.2, 0.25) is 0 Å². The van der Waals surface area contributed by atoms with Gasteiger partial charge in [0.2, 0.25) is 0 Å². The number of nitrogens with one attached hydrogen (secondary N) is 1. The van der Waals surface area contributed by atoms with Crippen molar-refractivity contribution < 1.29 is 19.0 Å². The number of amides is 1. The summed E-state index contributed by atoms with van der Waals surface area (Å²) in [6.07, 6.45) is -0.651. The van der Waals surface area contributed by atoms with Crippen LogP contribution in [-0.2, 0) is 4.79 Å². The second kappa shape index (κ2) is 7.73. The minimum absolute atomic E-state index is 0.262. The summed E-state index contributed by atoms with van der Waals surface area (Å²) in [7, 11) is 3.12. The normalized spacial score (nSPS) is 11.5. The SMILES string of the molecule is COc1ccc(OC)c(NC(=O)C(C)Oc2cc(C)ccc2C)c1. The van der Waals surface area contributed by atoms with Gasteiger partial charge in [0, 0.05) is 6.07 Å². The zero-order chi connectivity index (χ0) is 17.7. The van der Waals surface area contributed by atoms with Gasteiger partial charge in [0.25, 0.3) is 5.91 Å². The van der Waals surface area contributed by atoms with Crippen LogP contribution < -0.4 is 19.5 Å². The topological polar surface area (TPSA) is 56.8 Å². The molecule has 2 aromatic rings. The first-order valence-corrected chi connectivity index (χ1v) is 7.71. The third-order valence-electron chi connectivity index (χ3n) is 3.68. The van der Waals surface area contributed by atoms with E-state index in [1.807, 2.05) is 32.0 Å². The second-order valence-corrected chi connectivity index (χ2v) is 5.58. The molecule has 1 N–H and O–H groups in total. The minimum atomic E-state index is -0.651. The molecule has 1 amide bonds. The van der Waals surface area contributed by atoms with E-state index in [1.54, 1.807) is 39.3 Å². The maximum atomic E-state index is 12.4. The van der Waals surface area contributed by atoms with Gasteiger partial charge in [-0.1, -0.05) is 12.1 Å². The van der Waals surface area contributed by atoms with E-state index in [0.29, 0.717) is 22.9 Å². The molecule has 0 radical (unpaired) electrons. The zero-order valence-corrected chi connectivity index (χ0v) is 14.7. The molecular weight excluding hydrogens is 306 g/mol. The highest BCUT2D eigenvalue weighted by Gasteiger charge is 2.18. The Balaban J connectivity index is 2.13. The van der Waals surface area contributed by atoms with Crippen molar-refractivity contribution in [3.63, 3.8) is 0 Å². The summed E-state index contributed by atoms with van der Waals surface area (Å²) < 4.78 is 16.3. The number of carbonyl (C=O) groups is 1. The smallest absolute Gasteiger partial charge is 0.265 e. The van der Waals surface area contributed by atoms with Gasteiger partial charge in [-0.15, -0.1) is 0 Å². The largest absolute Gasteiger partial charge is 0.497 e. The third kappa shape index (κ3) is 4.19. The number of ether oxygens (including phenoxy) is 3. The Hall–Kier alpha value is -2.69. The highest BCUT2D eigenvalue weighted by atomic mass is 16.5. The highest BCUT2D eigenvalue weighted by Crippen LogP contribution is 2.29. The second-order valence-electron chi connectivity index (χ2n) is 5.58. The van der Waals surface area contributed by atoms with Gasteiger partial charge < -0.3 is 19.5 Å². The summed E-state index contributed by atoms with van der Waals surface area (Å²) in [6, 6.07) is 11.1. The van der Waals surface area contributed by atoms with Crippen molar-refractivity contribution in [2.75, 3.05) is 19.5 Å². The van der Waals surface area contributed by atoms with Crippen molar-refractivity contribution in [2.45, 2.75) is 26.9 Å². The van der Waals surface area contributed by atoms with E-state index in [0.717, 1.165) is 11.1 Å². The van der Waals surface area contributed by atoms with Crippen LogP contribution in [0.3, 0.4) is 0 Å². The van der Waals surface area contributed by atoms with Gasteiger partial charge in [0.1, 0.15) is 17.2 Å². The first kappa shape index (κ1) is 17.7. The molecule has 5 nitrogen and oxygen atoms in total. The lowest BCUT2D eigenvalue weighted by atomic mass is 10.1. The standard InChI is InChI=1S/C19H23NO4/c1-12-6-7-13(2)18(10-12)24-14(3)19(21)20-16-11-15(22-4)8-9-17(16)23-5/h6-11,14H,1-5H3,(H,20,21). The van der Waals surface area contributed by atoms with Crippen molar-refractivity contribution >= 4 is 11.6 Å². The van der Waals surface area contributed by atoms with Gasteiger partial charge in [0.15, 0.2) is 6.10 Å². The molecule has 0 bridgehead atoms. The van der Waals surface area contributed by atoms with Gasteiger partial charge in [-0.3, -0.25) is 4.79 Å². The molecule has 0 aliphatic rings. The number of benzene rings is 2. The van der Waals surface area contributed by atoms with E-state index in [1.165, 1.54) is 0 Å². The molecule has 2 rings (SSSR count). The average Bonchev–Trinajstić information content (AvgIpc) is 2.57. The summed E-state index contributed by atoms with van der Waals surface area (Å²) in [5.41, 5.74) is 2.61. The highest BCUT2D eigenvalue weighted by molar-refractivity contribution is 5.95. The summed E-state index contributed by atoms with van der Waals surface area (Å²) in [5.74, 6) is 1.63. The zero-order valence-electron chi connectivity index (χ0n) is 14.7. The monoisotopic (exact) mass is 329 g/mol. The van der Waals surface area contributed by atoms with Crippen molar-refractivity contribution in [3.05, 3.63) is 47.5 Å². The van der Waals surface area contributed by atoms with E-state index in [9.17, 15) is 4.79 Å². The fraction of sp³-hybridized carbons (Fsp3) is 0.316. The van der Waals surface area contributed by atoms with Crippen LogP contribution in [0.15, 0.2) is 36.4 Å². The van der Waals surface area contributed by atoms with Gasteiger partial charge in [0.05, 0.1) is 19.9 Å². The molecule has 0 fully saturated rings. The summed E-state index contributed by atoms with van der Waals surface area (Å²) in [4.78, 5) is 12.4. The Morgan fingerprint density at radius 1 is 1.00 bits per heavy atom. The predicted molar refractivity (Wildman–Crippen MR) is 94.2 cm³/mol. The Bertz CT molecular complexity index is 727. The van der Waals surface area contributed by atoms with Crippen LogP contribution in [0.1, 0.15) is 18.1 Å². The van der Waals surface area contributed by atoms with E-state index < -0.39 is 6.10 Å². The number of carbonyl (C=O) groups excluding carboxylic acids is 1. The van der Waals surface area contributed by atoms with Crippen molar-refractivity contribution in [1.29, 1.82) is 0 Å². The lowest BCUT2D eigenvalue weighted by molar-refractivity contribution is -0.122. The fourth-order valence-electron chi connectivity index (χ4n) is 2.22. The molecule has 2 aromatic carbocycles. The van der Waals surface area contributed by atoms with E-state index in [2.05, 4.69) is 5.32 Å². The Labute approximate surface area is 142 Å². The van der Waals surface area contributed by atoms with Crippen LogP contribution in [-0.4, -0.2) is 26.2 Å². The maximum absolute atomic E-state index is 12.4. The molecule has 24 heavy (non-hydrogen) atoms. The fourth-order valence-corrected chi connectivity index (χ4v) is 2.22. The van der Waals surface area contributed by atoms with Crippen molar-refractivity contribution in [1.82, 2.24) is 0 Å². The van der Waals surface area contributed by atoms with Crippen molar-refractivity contribution in [3.8, 4) is 17.2 Å². The molecule has 0 spiro atoms. The average molecular weight is 329 g/mol. The summed E-state index contributed by atoms with van der Waals surface area (Å²) in [5, 5.41) is 2.82. The molecule has 0 saturated carbocycles. The van der Waals surface area contributed by atoms with Crippen LogP contribution in [0.4, 0.5) is 5.69 Å². The number of anilines is 1. The van der Waals surface area contributed by atoms with Crippen molar-refractivity contribution in [2.24, 2.45) is 0 Å². The lowest BCUT2D eigenvalue weighted by Gasteiger charge is -2.18. The molecule has 0 heterocycles. The van der Waals surface area contributed by atoms with Crippen LogP contribution in [0.25, 0.3) is 0 Å². The Morgan fingerprint density at radius 2 is 1.75 bits per heavy atom. The van der Waals surface area contributed by atoms with E-state index >= 15 is 0 Å². The number of hydrogen-bond donors (Lipinski definition) is 1. The molecule has 128 valence electrons. The molecule has 0 aliphatic carbocycles. The summed E-state index contributed by atoms with van der Waals surface area (Å²) >= 11 is 0. The molecule has 1 atom stereocenters. The first-order chi connectivity index (χ1) is 11.4. The lowest BCUT2D eigenvalue weighted by Crippen LogP contribution is -2.30. The molecule has 0 saturated heterocycles. The molecular formula is C19H23NO4. The van der Waals surface area contributed by atoms with Gasteiger partial charge in [-0.05, 0) is 50.1 Å². The molecule has 0 aromatic heterocycles. The predicted octanol–water partition coefficient (Wildman–Crippen LogP) is 3.73. The maximum Gasteiger partial charge on any atom is 0.265 e. The van der Waals surface area contributed by atoms with Crippen LogP contribution in [0, 0.1) is 13.8 Å². The molecule has 1 unspecified atom stereocenters. The third-order valence-corrected chi connectivity index (χ3v) is 3.68. The Morgan fingerprint density at radius 3 is 2.42 bits per heavy atom. The quantitative estimate of drug-likeness (QED) is 0.877. The van der Waals surface area contributed by atoms with Gasteiger partial charge in [-0.2, -0.15) is 0 Å². The van der Waals surface area contributed by atoms with Gasteiger partial charge in [-0.25, -0.2) is 0 Å². The van der Waals surface area contributed by atoms with Gasteiger partial charge >= 0.3 is 0 Å². The number of aryl methyl sites for hydroxylation is 2. The van der Waals surface area contributed by atoms with E-state index in [4.69, 9.17) is 14.2 Å². The number of methoxy groups -OCH3 is 2. The summed E-state index contributed by atoms with van der Waals surface area (Å²) in [6.45, 7) is 5.65. The van der Waals surface area contributed by atoms with Crippen LogP contribution in [0.5, 0.6) is 17.2 Å². The van der Waals surface area contributed by atoms with Crippen LogP contribution >= 0.6 is 0 Å². The minimum Gasteiger partial charge on any atom is -0.497 e. The number of rotatable bonds is 6. The number of hydrogen-bond acceptors (Lipinski definition) is 4. The van der Waals surface area contributed by atoms with E-state index in [-0.39, 0.29) is 5.91 Å². The molecule has 0 aliphatic heterocycles. The first-order valence-electron chi connectivity index (χ1n) is 7.71.